The molecule has 3 rings (SSSR count). The van der Waals surface area contributed by atoms with E-state index in [2.05, 4.69) is 0 Å². The van der Waals surface area contributed by atoms with E-state index < -0.39 is 30.6 Å². The molecule has 0 radical (unpaired) electrons. The molecule has 10 heteroatoms. The fourth-order valence-electron chi connectivity index (χ4n) is 3.28. The Bertz CT molecular complexity index is 941. The first kappa shape index (κ1) is 25.5. The molecule has 0 saturated carbocycles. The lowest BCUT2D eigenvalue weighted by molar-refractivity contribution is -0.180. The van der Waals surface area contributed by atoms with E-state index >= 15 is 0 Å². The minimum atomic E-state index is -0.808. The third-order valence-corrected chi connectivity index (χ3v) is 5.98. The molecule has 1 fully saturated rings. The average Bonchev–Trinajstić information content (AvgIpc) is 3.05. The molecular formula is C22H22Cl4O6. The second-order valence-electron chi connectivity index (χ2n) is 7.11. The summed E-state index contributed by atoms with van der Waals surface area (Å²) in [4.78, 5) is 11.7. The Morgan fingerprint density at radius 3 is 2.06 bits per heavy atom. The summed E-state index contributed by atoms with van der Waals surface area (Å²) in [6, 6.07) is 10.3. The third kappa shape index (κ3) is 6.72. The topological polar surface area (TPSA) is 63.2 Å². The van der Waals surface area contributed by atoms with Crippen LogP contribution in [0.15, 0.2) is 36.4 Å². The highest BCUT2D eigenvalue weighted by Gasteiger charge is 2.48. The van der Waals surface area contributed by atoms with Gasteiger partial charge in [-0.3, -0.25) is 4.79 Å². The van der Waals surface area contributed by atoms with Gasteiger partial charge in [-0.2, -0.15) is 0 Å². The Balaban J connectivity index is 1.70. The number of methoxy groups -OCH3 is 1. The van der Waals surface area contributed by atoms with Crippen LogP contribution in [-0.4, -0.2) is 44.3 Å². The van der Waals surface area contributed by atoms with Crippen LogP contribution in [0.4, 0.5) is 0 Å². The Hall–Kier alpha value is -1.09. The highest BCUT2D eigenvalue weighted by molar-refractivity contribution is 6.35. The smallest absolute Gasteiger partial charge is 0.303 e. The molecule has 6 nitrogen and oxygen atoms in total. The van der Waals surface area contributed by atoms with Crippen LogP contribution in [0.5, 0.6) is 0 Å². The van der Waals surface area contributed by atoms with Crippen LogP contribution in [-0.2, 0) is 41.7 Å². The molecular weight excluding hydrogens is 502 g/mol. The lowest BCUT2D eigenvalue weighted by Gasteiger charge is -2.24. The Morgan fingerprint density at radius 2 is 1.53 bits per heavy atom. The number of rotatable bonds is 9. The number of carbonyl (C=O) groups excluding carboxylic acids is 1. The normalized spacial score (nSPS) is 22.8. The van der Waals surface area contributed by atoms with Gasteiger partial charge in [0.25, 0.3) is 0 Å². The van der Waals surface area contributed by atoms with Gasteiger partial charge < -0.3 is 23.7 Å². The van der Waals surface area contributed by atoms with Crippen molar-refractivity contribution in [2.75, 3.05) is 13.7 Å². The maximum atomic E-state index is 11.7. The van der Waals surface area contributed by atoms with E-state index in [0.29, 0.717) is 20.1 Å². The van der Waals surface area contributed by atoms with E-state index in [1.165, 1.54) is 14.0 Å². The SMILES string of the molecule is COC1OC(COCc2ccc(Cl)cc2Cl)C(OCc2ccc(Cl)cc2Cl)C1OC(C)=O. The lowest BCUT2D eigenvalue weighted by Crippen LogP contribution is -2.40. The summed E-state index contributed by atoms with van der Waals surface area (Å²) in [5, 5.41) is 2.03. The highest BCUT2D eigenvalue weighted by atomic mass is 35.5. The first-order chi connectivity index (χ1) is 15.3. The molecule has 2 aromatic carbocycles. The van der Waals surface area contributed by atoms with Gasteiger partial charge in [0.05, 0.1) is 19.8 Å². The van der Waals surface area contributed by atoms with Crippen molar-refractivity contribution in [3.05, 3.63) is 67.6 Å². The second kappa shape index (κ2) is 11.9. The van der Waals surface area contributed by atoms with E-state index in [0.717, 1.165) is 11.1 Å². The van der Waals surface area contributed by atoms with Crippen molar-refractivity contribution >= 4 is 52.4 Å². The number of ether oxygens (including phenoxy) is 5. The molecule has 4 atom stereocenters. The van der Waals surface area contributed by atoms with Crippen LogP contribution in [0.25, 0.3) is 0 Å². The summed E-state index contributed by atoms with van der Waals surface area (Å²) < 4.78 is 28.6. The van der Waals surface area contributed by atoms with E-state index in [9.17, 15) is 4.79 Å². The Morgan fingerprint density at radius 1 is 0.938 bits per heavy atom. The van der Waals surface area contributed by atoms with Gasteiger partial charge in [0.1, 0.15) is 12.2 Å². The van der Waals surface area contributed by atoms with Gasteiger partial charge >= 0.3 is 5.97 Å². The molecule has 0 aliphatic carbocycles. The Kier molecular flexibility index (Phi) is 9.46. The average molecular weight is 524 g/mol. The minimum absolute atomic E-state index is 0.148. The van der Waals surface area contributed by atoms with Crippen LogP contribution < -0.4 is 0 Å². The molecule has 1 saturated heterocycles. The molecule has 174 valence electrons. The van der Waals surface area contributed by atoms with Gasteiger partial charge in [0.15, 0.2) is 12.4 Å². The summed E-state index contributed by atoms with van der Waals surface area (Å²) >= 11 is 24.4. The molecule has 2 aromatic rings. The van der Waals surface area contributed by atoms with Gasteiger partial charge in [0, 0.05) is 34.1 Å². The van der Waals surface area contributed by atoms with Crippen LogP contribution in [0.2, 0.25) is 20.1 Å². The number of benzene rings is 2. The summed E-state index contributed by atoms with van der Waals surface area (Å²) in [7, 11) is 1.46. The zero-order valence-corrected chi connectivity index (χ0v) is 20.4. The zero-order chi connectivity index (χ0) is 23.3. The summed E-state index contributed by atoms with van der Waals surface area (Å²) in [5.41, 5.74) is 1.51. The lowest BCUT2D eigenvalue weighted by atomic mass is 10.1. The number of esters is 1. The number of carbonyl (C=O) groups is 1. The molecule has 4 unspecified atom stereocenters. The van der Waals surface area contributed by atoms with Crippen molar-refractivity contribution < 1.29 is 28.5 Å². The second-order valence-corrected chi connectivity index (χ2v) is 8.80. The van der Waals surface area contributed by atoms with Crippen LogP contribution >= 0.6 is 46.4 Å². The summed E-state index contributed by atoms with van der Waals surface area (Å²) in [6.45, 7) is 1.85. The molecule has 0 bridgehead atoms. The number of halogens is 4. The minimum Gasteiger partial charge on any atom is -0.454 e. The monoisotopic (exact) mass is 522 g/mol. The standard InChI is InChI=1S/C22H22Cl4O6/c1-12(27)31-21-20(30-10-14-4-6-16(24)8-18(14)26)19(32-22(21)28-2)11-29-9-13-3-5-15(23)7-17(13)25/h3-8,19-22H,9-11H2,1-2H3. The molecule has 0 amide bonds. The largest absolute Gasteiger partial charge is 0.454 e. The van der Waals surface area contributed by atoms with Gasteiger partial charge in [-0.15, -0.1) is 0 Å². The van der Waals surface area contributed by atoms with Crippen LogP contribution in [0.1, 0.15) is 18.1 Å². The number of hydrogen-bond donors (Lipinski definition) is 0. The fraction of sp³-hybridized carbons (Fsp3) is 0.409. The van der Waals surface area contributed by atoms with Crippen LogP contribution in [0, 0.1) is 0 Å². The van der Waals surface area contributed by atoms with Crippen molar-refractivity contribution in [1.82, 2.24) is 0 Å². The fourth-order valence-corrected chi connectivity index (χ4v) is 4.21. The summed E-state index contributed by atoms with van der Waals surface area (Å²) in [5.74, 6) is -0.478. The predicted molar refractivity (Wildman–Crippen MR) is 122 cm³/mol. The van der Waals surface area contributed by atoms with Crippen LogP contribution in [0.3, 0.4) is 0 Å². The molecule has 0 spiro atoms. The van der Waals surface area contributed by atoms with E-state index in [4.69, 9.17) is 70.1 Å². The van der Waals surface area contributed by atoms with Crippen molar-refractivity contribution in [3.63, 3.8) is 0 Å². The molecule has 1 aliphatic rings. The van der Waals surface area contributed by atoms with E-state index in [1.54, 1.807) is 36.4 Å². The van der Waals surface area contributed by atoms with Gasteiger partial charge in [-0.1, -0.05) is 58.5 Å². The maximum Gasteiger partial charge on any atom is 0.303 e. The van der Waals surface area contributed by atoms with E-state index in [1.807, 2.05) is 0 Å². The van der Waals surface area contributed by atoms with Gasteiger partial charge in [-0.25, -0.2) is 0 Å². The quantitative estimate of drug-likeness (QED) is 0.392. The molecule has 32 heavy (non-hydrogen) atoms. The van der Waals surface area contributed by atoms with Gasteiger partial charge in [-0.05, 0) is 35.4 Å². The van der Waals surface area contributed by atoms with Crippen molar-refractivity contribution in [2.45, 2.75) is 44.7 Å². The predicted octanol–water partition coefficient (Wildman–Crippen LogP) is 5.71. The van der Waals surface area contributed by atoms with Crippen molar-refractivity contribution in [1.29, 1.82) is 0 Å². The molecule has 1 heterocycles. The zero-order valence-electron chi connectivity index (χ0n) is 17.4. The van der Waals surface area contributed by atoms with Crippen molar-refractivity contribution in [2.24, 2.45) is 0 Å². The van der Waals surface area contributed by atoms with E-state index in [-0.39, 0.29) is 19.8 Å². The summed E-state index contributed by atoms with van der Waals surface area (Å²) in [6.07, 6.45) is -2.81. The molecule has 0 N–H and O–H groups in total. The first-order valence-corrected chi connectivity index (χ1v) is 11.2. The maximum absolute atomic E-state index is 11.7. The highest BCUT2D eigenvalue weighted by Crippen LogP contribution is 2.30. The molecule has 1 aliphatic heterocycles. The van der Waals surface area contributed by atoms with Gasteiger partial charge in [0.2, 0.25) is 0 Å². The first-order valence-electron chi connectivity index (χ1n) is 9.71. The molecule has 0 aromatic heterocycles. The number of hydrogen-bond acceptors (Lipinski definition) is 6. The Labute approximate surface area is 206 Å². The third-order valence-electron chi connectivity index (χ3n) is 4.80. The van der Waals surface area contributed by atoms with Crippen molar-refractivity contribution in [3.8, 4) is 0 Å².